The lowest BCUT2D eigenvalue weighted by Gasteiger charge is -2.29. The van der Waals surface area contributed by atoms with Crippen LogP contribution in [0.3, 0.4) is 0 Å². The monoisotopic (exact) mass is 354 g/mol. The summed E-state index contributed by atoms with van der Waals surface area (Å²) in [6, 6.07) is 4.88. The van der Waals surface area contributed by atoms with Gasteiger partial charge in [0.2, 0.25) is 11.8 Å². The van der Waals surface area contributed by atoms with Crippen LogP contribution in [-0.4, -0.2) is 55.8 Å². The number of hydrogen-bond acceptors (Lipinski definition) is 4. The van der Waals surface area contributed by atoms with Crippen LogP contribution in [-0.2, 0) is 19.4 Å². The van der Waals surface area contributed by atoms with Crippen LogP contribution in [0.15, 0.2) is 30.3 Å². The van der Waals surface area contributed by atoms with Crippen LogP contribution in [0, 0.1) is 5.82 Å². The molecule has 0 radical (unpaired) electrons. The van der Waals surface area contributed by atoms with Gasteiger partial charge in [-0.15, -0.1) is 0 Å². The second-order valence-electron chi connectivity index (χ2n) is 5.59. The fourth-order valence-corrected chi connectivity index (χ4v) is 3.48. The predicted octanol–water partition coefficient (Wildman–Crippen LogP) is 0.601. The van der Waals surface area contributed by atoms with Crippen LogP contribution >= 0.6 is 0 Å². The van der Waals surface area contributed by atoms with Crippen molar-refractivity contribution in [2.24, 2.45) is 0 Å². The lowest BCUT2D eigenvalue weighted by Crippen LogP contribution is -2.51. The maximum absolute atomic E-state index is 12.8. The van der Waals surface area contributed by atoms with E-state index in [1.165, 1.54) is 41.3 Å². The fraction of sp³-hybridized carbons (Fsp3) is 0.375. The van der Waals surface area contributed by atoms with Gasteiger partial charge in [-0.25, -0.2) is 12.8 Å². The van der Waals surface area contributed by atoms with Gasteiger partial charge in [-0.3, -0.25) is 9.59 Å². The normalized spacial score (nSPS) is 18.3. The topological polar surface area (TPSA) is 83.6 Å². The molecule has 1 atom stereocenters. The lowest BCUT2D eigenvalue weighted by molar-refractivity contribution is -0.134. The molecular weight excluding hydrogens is 335 g/mol. The second kappa shape index (κ2) is 7.57. The van der Waals surface area contributed by atoms with Gasteiger partial charge < -0.3 is 10.2 Å². The van der Waals surface area contributed by atoms with Crippen LogP contribution in [0.1, 0.15) is 12.5 Å². The molecule has 130 valence electrons. The molecule has 0 aliphatic carbocycles. The zero-order valence-electron chi connectivity index (χ0n) is 13.2. The van der Waals surface area contributed by atoms with E-state index in [1.54, 1.807) is 6.92 Å². The zero-order chi connectivity index (χ0) is 17.7. The molecule has 1 aromatic rings. The highest BCUT2D eigenvalue weighted by Crippen LogP contribution is 2.07. The van der Waals surface area contributed by atoms with Crippen LogP contribution in [0.5, 0.6) is 0 Å². The number of carbonyl (C=O) groups excluding carboxylic acids is 2. The Balaban J connectivity index is 1.86. The van der Waals surface area contributed by atoms with E-state index in [2.05, 4.69) is 5.32 Å². The number of amides is 2. The second-order valence-corrected chi connectivity index (χ2v) is 7.90. The summed E-state index contributed by atoms with van der Waals surface area (Å²) in [5.41, 5.74) is 0.659. The molecule has 1 aromatic carbocycles. The summed E-state index contributed by atoms with van der Waals surface area (Å²) < 4.78 is 35.5. The van der Waals surface area contributed by atoms with Gasteiger partial charge in [0.25, 0.3) is 0 Å². The first kappa shape index (κ1) is 18.1. The maximum Gasteiger partial charge on any atom is 0.244 e. The van der Waals surface area contributed by atoms with Crippen molar-refractivity contribution < 1.29 is 22.4 Å². The lowest BCUT2D eigenvalue weighted by atomic mass is 10.2. The Bertz CT molecular complexity index is 730. The third-order valence-corrected chi connectivity index (χ3v) is 5.29. The number of carbonyl (C=O) groups is 2. The van der Waals surface area contributed by atoms with Crippen molar-refractivity contribution in [3.8, 4) is 0 Å². The van der Waals surface area contributed by atoms with E-state index in [0.717, 1.165) is 0 Å². The fourth-order valence-electron chi connectivity index (χ4n) is 2.28. The van der Waals surface area contributed by atoms with E-state index in [-0.39, 0.29) is 36.3 Å². The summed E-state index contributed by atoms with van der Waals surface area (Å²) in [6.45, 7) is 1.84. The Labute approximate surface area is 140 Å². The average Bonchev–Trinajstić information content (AvgIpc) is 2.53. The molecule has 1 aliphatic rings. The molecule has 1 unspecified atom stereocenters. The molecule has 0 saturated carbocycles. The largest absolute Gasteiger partial charge is 0.341 e. The van der Waals surface area contributed by atoms with Gasteiger partial charge in [0, 0.05) is 19.2 Å². The first-order valence-corrected chi connectivity index (χ1v) is 9.32. The van der Waals surface area contributed by atoms with Gasteiger partial charge in [0.1, 0.15) is 11.9 Å². The molecule has 0 aromatic heterocycles. The molecule has 0 spiro atoms. The van der Waals surface area contributed by atoms with E-state index in [1.807, 2.05) is 0 Å². The standard InChI is InChI=1S/C16H19FN2O4S/c1-12(16(21)19-8-10-24(22,23)11-9-19)18-15(20)7-4-13-2-5-14(17)6-3-13/h2-7,12H,8-11H2,1H3,(H,18,20)/b7-4+. The van der Waals surface area contributed by atoms with Crippen molar-refractivity contribution in [3.63, 3.8) is 0 Å². The van der Waals surface area contributed by atoms with Gasteiger partial charge >= 0.3 is 0 Å². The van der Waals surface area contributed by atoms with Gasteiger partial charge in [0.15, 0.2) is 9.84 Å². The highest BCUT2D eigenvalue weighted by molar-refractivity contribution is 7.91. The number of nitrogens with one attached hydrogen (secondary N) is 1. The van der Waals surface area contributed by atoms with Gasteiger partial charge in [-0.05, 0) is 30.7 Å². The van der Waals surface area contributed by atoms with Crippen LogP contribution < -0.4 is 5.32 Å². The van der Waals surface area contributed by atoms with Crippen LogP contribution in [0.25, 0.3) is 6.08 Å². The summed E-state index contributed by atoms with van der Waals surface area (Å²) in [5.74, 6) is -1.23. The van der Waals surface area contributed by atoms with Crippen molar-refractivity contribution in [3.05, 3.63) is 41.7 Å². The molecule has 24 heavy (non-hydrogen) atoms. The number of benzene rings is 1. The minimum absolute atomic E-state index is 0.0517. The molecule has 6 nitrogen and oxygen atoms in total. The van der Waals surface area contributed by atoms with Crippen molar-refractivity contribution in [2.45, 2.75) is 13.0 Å². The van der Waals surface area contributed by atoms with E-state index in [4.69, 9.17) is 0 Å². The van der Waals surface area contributed by atoms with Crippen molar-refractivity contribution >= 4 is 27.7 Å². The molecule has 1 saturated heterocycles. The van der Waals surface area contributed by atoms with E-state index < -0.39 is 21.8 Å². The number of halogens is 1. The maximum atomic E-state index is 12.8. The van der Waals surface area contributed by atoms with Crippen molar-refractivity contribution in [1.29, 1.82) is 0 Å². The molecule has 8 heteroatoms. The van der Waals surface area contributed by atoms with Gasteiger partial charge in [-0.2, -0.15) is 0 Å². The zero-order valence-corrected chi connectivity index (χ0v) is 14.1. The van der Waals surface area contributed by atoms with Gasteiger partial charge in [-0.1, -0.05) is 12.1 Å². The molecule has 0 bridgehead atoms. The summed E-state index contributed by atoms with van der Waals surface area (Å²) in [4.78, 5) is 25.5. The van der Waals surface area contributed by atoms with Crippen LogP contribution in [0.2, 0.25) is 0 Å². The third kappa shape index (κ3) is 5.16. The SMILES string of the molecule is CC(NC(=O)/C=C/c1ccc(F)cc1)C(=O)N1CCS(=O)(=O)CC1. The van der Waals surface area contributed by atoms with E-state index in [0.29, 0.717) is 5.56 Å². The molecular formula is C16H19FN2O4S. The van der Waals surface area contributed by atoms with E-state index in [9.17, 15) is 22.4 Å². The summed E-state index contributed by atoms with van der Waals surface area (Å²) >= 11 is 0. The predicted molar refractivity (Wildman–Crippen MR) is 88.3 cm³/mol. The van der Waals surface area contributed by atoms with Crippen LogP contribution in [0.4, 0.5) is 4.39 Å². The molecule has 2 rings (SSSR count). The average molecular weight is 354 g/mol. The number of nitrogens with zero attached hydrogens (tertiary/aromatic N) is 1. The quantitative estimate of drug-likeness (QED) is 0.803. The summed E-state index contributed by atoms with van der Waals surface area (Å²) in [7, 11) is -3.06. The Kier molecular flexibility index (Phi) is 5.71. The molecule has 1 aliphatic heterocycles. The molecule has 1 N–H and O–H groups in total. The van der Waals surface area contributed by atoms with Gasteiger partial charge in [0.05, 0.1) is 11.5 Å². The molecule has 1 heterocycles. The first-order valence-electron chi connectivity index (χ1n) is 7.50. The number of rotatable bonds is 4. The molecule has 1 fully saturated rings. The Hall–Kier alpha value is -2.22. The minimum Gasteiger partial charge on any atom is -0.341 e. The summed E-state index contributed by atoms with van der Waals surface area (Å²) in [5, 5.41) is 2.54. The Morgan fingerprint density at radius 2 is 1.79 bits per heavy atom. The number of hydrogen-bond donors (Lipinski definition) is 1. The summed E-state index contributed by atoms with van der Waals surface area (Å²) in [6.07, 6.45) is 2.77. The smallest absolute Gasteiger partial charge is 0.244 e. The first-order chi connectivity index (χ1) is 11.3. The Morgan fingerprint density at radius 1 is 1.21 bits per heavy atom. The highest BCUT2D eigenvalue weighted by atomic mass is 32.2. The van der Waals surface area contributed by atoms with Crippen molar-refractivity contribution in [1.82, 2.24) is 10.2 Å². The molecule has 2 amide bonds. The minimum atomic E-state index is -3.06. The highest BCUT2D eigenvalue weighted by Gasteiger charge is 2.28. The Morgan fingerprint density at radius 3 is 2.38 bits per heavy atom. The third-order valence-electron chi connectivity index (χ3n) is 3.68. The van der Waals surface area contributed by atoms with Crippen molar-refractivity contribution in [2.75, 3.05) is 24.6 Å². The number of sulfone groups is 1. The van der Waals surface area contributed by atoms with E-state index >= 15 is 0 Å².